The van der Waals surface area contributed by atoms with Crippen LogP contribution in [0.5, 0.6) is 0 Å². The number of benzene rings is 2. The summed E-state index contributed by atoms with van der Waals surface area (Å²) in [5, 5.41) is 11.1. The number of anilines is 1. The smallest absolute Gasteiger partial charge is 0.291 e. The average molecular weight is 346 g/mol. The van der Waals surface area contributed by atoms with E-state index in [1.807, 2.05) is 53.1 Å². The highest BCUT2D eigenvalue weighted by molar-refractivity contribution is 6.03. The van der Waals surface area contributed by atoms with Crippen molar-refractivity contribution in [3.05, 3.63) is 60.7 Å². The molecule has 0 saturated carbocycles. The number of nitrogens with zero attached hydrogens (tertiary/aromatic N) is 4. The van der Waals surface area contributed by atoms with Crippen molar-refractivity contribution in [1.82, 2.24) is 24.7 Å². The van der Waals surface area contributed by atoms with E-state index in [-0.39, 0.29) is 17.8 Å². The van der Waals surface area contributed by atoms with E-state index in [0.29, 0.717) is 5.69 Å². The second-order valence-electron chi connectivity index (χ2n) is 6.29. The van der Waals surface area contributed by atoms with Crippen molar-refractivity contribution in [3.8, 4) is 11.4 Å². The molecule has 0 atom stereocenters. The maximum absolute atomic E-state index is 12.5. The molecule has 0 spiro atoms. The van der Waals surface area contributed by atoms with Crippen LogP contribution in [-0.4, -0.2) is 30.6 Å². The quantitative estimate of drug-likeness (QED) is 0.590. The molecular weight excluding hydrogens is 328 g/mol. The third-order valence-corrected chi connectivity index (χ3v) is 4.11. The number of aromatic nitrogens is 5. The molecule has 7 nitrogen and oxygen atoms in total. The van der Waals surface area contributed by atoms with Crippen LogP contribution in [0.25, 0.3) is 22.4 Å². The summed E-state index contributed by atoms with van der Waals surface area (Å²) in [5.74, 6) is 0.755. The van der Waals surface area contributed by atoms with Crippen LogP contribution in [0.1, 0.15) is 30.5 Å². The number of rotatable bonds is 4. The zero-order valence-corrected chi connectivity index (χ0v) is 14.5. The van der Waals surface area contributed by atoms with Crippen molar-refractivity contribution in [3.63, 3.8) is 0 Å². The summed E-state index contributed by atoms with van der Waals surface area (Å²) in [5.41, 5.74) is 3.15. The van der Waals surface area contributed by atoms with Gasteiger partial charge in [0.25, 0.3) is 5.91 Å². The molecule has 0 aliphatic carbocycles. The topological polar surface area (TPSA) is 88.5 Å². The Bertz CT molecular complexity index is 1050. The van der Waals surface area contributed by atoms with Crippen LogP contribution in [0.15, 0.2) is 54.9 Å². The fraction of sp³-hybridized carbons (Fsp3) is 0.158. The average Bonchev–Trinajstić information content (AvgIpc) is 3.29. The lowest BCUT2D eigenvalue weighted by Gasteiger charge is -2.11. The van der Waals surface area contributed by atoms with Crippen LogP contribution in [0, 0.1) is 0 Å². The summed E-state index contributed by atoms with van der Waals surface area (Å²) >= 11 is 0. The molecular formula is C19H18N6O. The molecule has 2 aromatic carbocycles. The molecule has 0 aliphatic rings. The Hall–Kier alpha value is -3.48. The van der Waals surface area contributed by atoms with E-state index in [1.165, 1.54) is 0 Å². The molecule has 0 radical (unpaired) electrons. The van der Waals surface area contributed by atoms with E-state index < -0.39 is 0 Å². The fourth-order valence-electron chi connectivity index (χ4n) is 2.81. The van der Waals surface area contributed by atoms with Crippen molar-refractivity contribution in [1.29, 1.82) is 0 Å². The number of hydrogen-bond acceptors (Lipinski definition) is 4. The Morgan fingerprint density at radius 2 is 2.00 bits per heavy atom. The summed E-state index contributed by atoms with van der Waals surface area (Å²) in [6.07, 6.45) is 1.71. The summed E-state index contributed by atoms with van der Waals surface area (Å²) in [7, 11) is 0. The molecule has 0 saturated heterocycles. The van der Waals surface area contributed by atoms with E-state index in [4.69, 9.17) is 0 Å². The molecule has 4 rings (SSSR count). The maximum Gasteiger partial charge on any atom is 0.291 e. The third kappa shape index (κ3) is 2.95. The molecule has 0 unspecified atom stereocenters. The van der Waals surface area contributed by atoms with E-state index in [0.717, 1.165) is 22.4 Å². The van der Waals surface area contributed by atoms with Gasteiger partial charge in [0.05, 0.1) is 11.0 Å². The molecule has 2 aromatic heterocycles. The first kappa shape index (κ1) is 16.0. The van der Waals surface area contributed by atoms with Gasteiger partial charge in [0.1, 0.15) is 6.33 Å². The second-order valence-corrected chi connectivity index (χ2v) is 6.29. The lowest BCUT2D eigenvalue weighted by atomic mass is 10.1. The van der Waals surface area contributed by atoms with Crippen molar-refractivity contribution in [2.75, 3.05) is 5.32 Å². The summed E-state index contributed by atoms with van der Waals surface area (Å²) in [6.45, 7) is 4.14. The Labute approximate surface area is 150 Å². The number of carbonyl (C=O) groups is 1. The molecule has 0 fully saturated rings. The Morgan fingerprint density at radius 1 is 1.15 bits per heavy atom. The van der Waals surface area contributed by atoms with Gasteiger partial charge >= 0.3 is 0 Å². The molecule has 1 amide bonds. The maximum atomic E-state index is 12.5. The van der Waals surface area contributed by atoms with Crippen LogP contribution in [0.4, 0.5) is 5.69 Å². The van der Waals surface area contributed by atoms with Gasteiger partial charge in [-0.25, -0.2) is 4.98 Å². The summed E-state index contributed by atoms with van der Waals surface area (Å²) in [4.78, 5) is 19.9. The number of H-pyrrole nitrogens is 1. The highest BCUT2D eigenvalue weighted by Gasteiger charge is 2.14. The highest BCUT2D eigenvalue weighted by Crippen LogP contribution is 2.23. The number of hydrogen-bond donors (Lipinski definition) is 2. The van der Waals surface area contributed by atoms with Gasteiger partial charge < -0.3 is 14.9 Å². The number of aromatic amines is 1. The number of carbonyl (C=O) groups excluding carboxylic acids is 1. The number of nitrogens with one attached hydrogen (secondary N) is 2. The third-order valence-electron chi connectivity index (χ3n) is 4.11. The van der Waals surface area contributed by atoms with Crippen LogP contribution >= 0.6 is 0 Å². The predicted octanol–water partition coefficient (Wildman–Crippen LogP) is 3.65. The van der Waals surface area contributed by atoms with Crippen molar-refractivity contribution < 1.29 is 4.79 Å². The number of para-hydroxylation sites is 2. The van der Waals surface area contributed by atoms with Gasteiger partial charge in [-0.1, -0.05) is 24.3 Å². The van der Waals surface area contributed by atoms with Crippen molar-refractivity contribution in [2.24, 2.45) is 0 Å². The Balaban J connectivity index is 1.60. The van der Waals surface area contributed by atoms with Crippen LogP contribution < -0.4 is 5.32 Å². The lowest BCUT2D eigenvalue weighted by molar-refractivity contribution is 0.101. The minimum atomic E-state index is -0.288. The lowest BCUT2D eigenvalue weighted by Crippen LogP contribution is -2.13. The minimum Gasteiger partial charge on any atom is -0.334 e. The van der Waals surface area contributed by atoms with Gasteiger partial charge in [0.15, 0.2) is 11.6 Å². The molecule has 130 valence electrons. The highest BCUT2D eigenvalue weighted by atomic mass is 16.2. The van der Waals surface area contributed by atoms with E-state index in [2.05, 4.69) is 39.3 Å². The van der Waals surface area contributed by atoms with E-state index in [9.17, 15) is 4.79 Å². The molecule has 26 heavy (non-hydrogen) atoms. The monoisotopic (exact) mass is 346 g/mol. The van der Waals surface area contributed by atoms with Crippen LogP contribution in [0.3, 0.4) is 0 Å². The molecule has 0 aliphatic heterocycles. The Kier molecular flexibility index (Phi) is 3.96. The zero-order valence-electron chi connectivity index (χ0n) is 14.5. The predicted molar refractivity (Wildman–Crippen MR) is 99.9 cm³/mol. The number of fused-ring (bicyclic) bond motifs is 1. The number of amides is 1. The zero-order chi connectivity index (χ0) is 18.1. The molecule has 7 heteroatoms. The second kappa shape index (κ2) is 6.44. The summed E-state index contributed by atoms with van der Waals surface area (Å²) < 4.78 is 1.99. The molecule has 0 bridgehead atoms. The van der Waals surface area contributed by atoms with Gasteiger partial charge in [-0.2, -0.15) is 0 Å². The Morgan fingerprint density at radius 3 is 2.81 bits per heavy atom. The SMILES string of the molecule is CC(C)n1cnnc1-c1cccc(NC(=O)c2nc3ccccc3[nH]2)c1. The first-order valence-electron chi connectivity index (χ1n) is 8.38. The van der Waals surface area contributed by atoms with E-state index >= 15 is 0 Å². The molecule has 4 aromatic rings. The normalized spacial score (nSPS) is 11.2. The van der Waals surface area contributed by atoms with E-state index in [1.54, 1.807) is 6.33 Å². The fourth-order valence-corrected chi connectivity index (χ4v) is 2.81. The van der Waals surface area contributed by atoms with Crippen molar-refractivity contribution in [2.45, 2.75) is 19.9 Å². The van der Waals surface area contributed by atoms with Gasteiger partial charge in [0, 0.05) is 17.3 Å². The first-order valence-corrected chi connectivity index (χ1v) is 8.38. The molecule has 2 N–H and O–H groups in total. The minimum absolute atomic E-state index is 0.244. The summed E-state index contributed by atoms with van der Waals surface area (Å²) in [6, 6.07) is 15.3. The molecule has 2 heterocycles. The van der Waals surface area contributed by atoms with Gasteiger partial charge in [-0.05, 0) is 38.1 Å². The van der Waals surface area contributed by atoms with Gasteiger partial charge in [0.2, 0.25) is 0 Å². The number of imidazole rings is 1. The van der Waals surface area contributed by atoms with Gasteiger partial charge in [-0.3, -0.25) is 4.79 Å². The van der Waals surface area contributed by atoms with Crippen LogP contribution in [-0.2, 0) is 0 Å². The van der Waals surface area contributed by atoms with Gasteiger partial charge in [-0.15, -0.1) is 10.2 Å². The van der Waals surface area contributed by atoms with Crippen LogP contribution in [0.2, 0.25) is 0 Å². The standard InChI is InChI=1S/C19H18N6O/c1-12(2)25-11-20-24-18(25)13-6-5-7-14(10-13)21-19(26)17-22-15-8-3-4-9-16(15)23-17/h3-12H,1-2H3,(H,21,26)(H,22,23). The van der Waals surface area contributed by atoms with Crippen molar-refractivity contribution >= 4 is 22.6 Å². The largest absolute Gasteiger partial charge is 0.334 e. The first-order chi connectivity index (χ1) is 12.6.